The quantitative estimate of drug-likeness (QED) is 0.474. The number of rotatable bonds is 5. The van der Waals surface area contributed by atoms with Crippen molar-refractivity contribution in [3.05, 3.63) is 59.4 Å². The Balaban J connectivity index is 1.40. The SMILES string of the molecule is O=C1N[C@H](CO)C[C@@H]1NC(=O)[C@H]1C[C@H](c2c(-c3ccc(F)cc3)[nH]c3c(F)cc(F)cc32)C1. The third kappa shape index (κ3) is 3.86. The summed E-state index contributed by atoms with van der Waals surface area (Å²) in [6.07, 6.45) is 1.22. The van der Waals surface area contributed by atoms with Crippen LogP contribution >= 0.6 is 0 Å². The number of aromatic nitrogens is 1. The lowest BCUT2D eigenvalue weighted by molar-refractivity contribution is -0.132. The average molecular weight is 457 g/mol. The van der Waals surface area contributed by atoms with E-state index in [0.29, 0.717) is 41.5 Å². The monoisotopic (exact) mass is 457 g/mol. The Labute approximate surface area is 187 Å². The number of aliphatic hydroxyl groups is 1. The second kappa shape index (κ2) is 8.22. The summed E-state index contributed by atoms with van der Waals surface area (Å²) in [5.41, 5.74) is 2.06. The number of hydrogen-bond acceptors (Lipinski definition) is 3. The van der Waals surface area contributed by atoms with Crippen molar-refractivity contribution in [2.75, 3.05) is 6.61 Å². The predicted molar refractivity (Wildman–Crippen MR) is 115 cm³/mol. The fourth-order valence-corrected chi connectivity index (χ4v) is 4.86. The highest BCUT2D eigenvalue weighted by Gasteiger charge is 2.41. The van der Waals surface area contributed by atoms with Crippen LogP contribution in [0, 0.1) is 23.4 Å². The molecule has 0 radical (unpaired) electrons. The molecule has 2 atom stereocenters. The highest BCUT2D eigenvalue weighted by molar-refractivity contribution is 5.93. The number of H-pyrrole nitrogens is 1. The van der Waals surface area contributed by atoms with Crippen LogP contribution in [0.25, 0.3) is 22.2 Å². The first-order valence-electron chi connectivity index (χ1n) is 10.8. The lowest BCUT2D eigenvalue weighted by atomic mass is 9.69. The molecule has 33 heavy (non-hydrogen) atoms. The van der Waals surface area contributed by atoms with E-state index in [9.17, 15) is 27.9 Å². The summed E-state index contributed by atoms with van der Waals surface area (Å²) in [4.78, 5) is 27.7. The zero-order valence-corrected chi connectivity index (χ0v) is 17.5. The fourth-order valence-electron chi connectivity index (χ4n) is 4.86. The molecule has 9 heteroatoms. The summed E-state index contributed by atoms with van der Waals surface area (Å²) < 4.78 is 42.0. The Morgan fingerprint density at radius 1 is 1.06 bits per heavy atom. The lowest BCUT2D eigenvalue weighted by Crippen LogP contribution is -2.45. The first-order chi connectivity index (χ1) is 15.8. The van der Waals surface area contributed by atoms with E-state index >= 15 is 0 Å². The van der Waals surface area contributed by atoms with Crippen LogP contribution in [0.1, 0.15) is 30.7 Å². The zero-order chi connectivity index (χ0) is 23.3. The fraction of sp³-hybridized carbons (Fsp3) is 0.333. The highest BCUT2D eigenvalue weighted by Crippen LogP contribution is 2.48. The van der Waals surface area contributed by atoms with Gasteiger partial charge in [-0.2, -0.15) is 0 Å². The van der Waals surface area contributed by atoms with Gasteiger partial charge in [-0.05, 0) is 66.6 Å². The molecule has 2 amide bonds. The third-order valence-corrected chi connectivity index (χ3v) is 6.63. The minimum Gasteiger partial charge on any atom is -0.394 e. The van der Waals surface area contributed by atoms with Gasteiger partial charge in [-0.25, -0.2) is 13.2 Å². The smallest absolute Gasteiger partial charge is 0.242 e. The molecule has 2 aliphatic rings. The topological polar surface area (TPSA) is 94.2 Å². The summed E-state index contributed by atoms with van der Waals surface area (Å²) in [5.74, 6) is -2.90. The molecule has 4 N–H and O–H groups in total. The maximum absolute atomic E-state index is 14.5. The molecule has 0 bridgehead atoms. The van der Waals surface area contributed by atoms with Crippen LogP contribution < -0.4 is 10.6 Å². The zero-order valence-electron chi connectivity index (χ0n) is 17.5. The molecule has 172 valence electrons. The van der Waals surface area contributed by atoms with Gasteiger partial charge in [0.1, 0.15) is 23.5 Å². The van der Waals surface area contributed by atoms with Crippen molar-refractivity contribution in [1.82, 2.24) is 15.6 Å². The molecular formula is C24H22F3N3O3. The Morgan fingerprint density at radius 2 is 1.79 bits per heavy atom. The normalized spacial score (nSPS) is 24.5. The molecule has 1 saturated heterocycles. The number of halogens is 3. The van der Waals surface area contributed by atoms with Crippen LogP contribution in [0.3, 0.4) is 0 Å². The number of hydrogen-bond donors (Lipinski definition) is 4. The van der Waals surface area contributed by atoms with Gasteiger partial charge in [0.25, 0.3) is 0 Å². The van der Waals surface area contributed by atoms with E-state index in [1.165, 1.54) is 18.2 Å². The summed E-state index contributed by atoms with van der Waals surface area (Å²) in [7, 11) is 0. The Kier molecular flexibility index (Phi) is 5.36. The number of carbonyl (C=O) groups excluding carboxylic acids is 2. The molecule has 0 unspecified atom stereocenters. The Morgan fingerprint density at radius 3 is 2.45 bits per heavy atom. The van der Waals surface area contributed by atoms with Crippen molar-refractivity contribution >= 4 is 22.7 Å². The molecule has 5 rings (SSSR count). The first-order valence-corrected chi connectivity index (χ1v) is 10.8. The summed E-state index contributed by atoms with van der Waals surface area (Å²) in [5, 5.41) is 15.0. The number of aromatic amines is 1. The number of amides is 2. The first kappa shape index (κ1) is 21.5. The largest absolute Gasteiger partial charge is 0.394 e. The van der Waals surface area contributed by atoms with E-state index in [1.807, 2.05) is 0 Å². The van der Waals surface area contributed by atoms with Gasteiger partial charge in [-0.3, -0.25) is 9.59 Å². The number of benzene rings is 2. The van der Waals surface area contributed by atoms with Crippen LogP contribution in [-0.2, 0) is 9.59 Å². The van der Waals surface area contributed by atoms with Gasteiger partial charge < -0.3 is 20.7 Å². The molecule has 2 heterocycles. The summed E-state index contributed by atoms with van der Waals surface area (Å²) >= 11 is 0. The predicted octanol–water partition coefficient (Wildman–Crippen LogP) is 3.11. The van der Waals surface area contributed by atoms with Crippen molar-refractivity contribution in [2.45, 2.75) is 37.3 Å². The minimum atomic E-state index is -0.723. The molecule has 6 nitrogen and oxygen atoms in total. The van der Waals surface area contributed by atoms with Crippen molar-refractivity contribution in [2.24, 2.45) is 5.92 Å². The Bertz CT molecular complexity index is 1240. The maximum Gasteiger partial charge on any atom is 0.242 e. The van der Waals surface area contributed by atoms with Crippen molar-refractivity contribution in [1.29, 1.82) is 0 Å². The van der Waals surface area contributed by atoms with Gasteiger partial charge >= 0.3 is 0 Å². The van der Waals surface area contributed by atoms with E-state index in [0.717, 1.165) is 6.07 Å². The van der Waals surface area contributed by atoms with Gasteiger partial charge in [-0.15, -0.1) is 0 Å². The molecular weight excluding hydrogens is 435 g/mol. The molecule has 0 spiro atoms. The van der Waals surface area contributed by atoms with Gasteiger partial charge in [0.15, 0.2) is 0 Å². The van der Waals surface area contributed by atoms with E-state index < -0.39 is 23.5 Å². The van der Waals surface area contributed by atoms with Crippen LogP contribution in [0.4, 0.5) is 13.2 Å². The second-order valence-electron chi connectivity index (χ2n) is 8.78. The standard InChI is InChI=1S/C24H22F3N3O3/c25-14-3-1-11(2-4-14)21-20(17-7-15(26)8-18(27)22(17)30-21)12-5-13(6-12)23(32)29-19-9-16(10-31)28-24(19)33/h1-4,7-8,12-13,16,19,30-31H,5-6,9-10H2,(H,28,33)(H,29,32)/t12-,13-,16-,19-/m0/s1. The van der Waals surface area contributed by atoms with Gasteiger partial charge in [0.2, 0.25) is 11.8 Å². The number of carbonyl (C=O) groups is 2. The maximum atomic E-state index is 14.5. The summed E-state index contributed by atoms with van der Waals surface area (Å²) in [6.45, 7) is -0.191. The van der Waals surface area contributed by atoms with Crippen molar-refractivity contribution < 1.29 is 27.9 Å². The number of fused-ring (bicyclic) bond motifs is 1. The molecule has 2 aromatic carbocycles. The van der Waals surface area contributed by atoms with E-state index in [1.54, 1.807) is 12.1 Å². The average Bonchev–Trinajstić information content (AvgIpc) is 3.28. The van der Waals surface area contributed by atoms with Crippen LogP contribution in [0.5, 0.6) is 0 Å². The van der Waals surface area contributed by atoms with E-state index in [2.05, 4.69) is 15.6 Å². The van der Waals surface area contributed by atoms with Gasteiger partial charge in [0, 0.05) is 17.4 Å². The van der Waals surface area contributed by atoms with E-state index in [-0.39, 0.29) is 41.8 Å². The molecule has 1 aliphatic carbocycles. The second-order valence-corrected chi connectivity index (χ2v) is 8.78. The van der Waals surface area contributed by atoms with Gasteiger partial charge in [0.05, 0.1) is 23.9 Å². The minimum absolute atomic E-state index is 0.140. The molecule has 2 fully saturated rings. The molecule has 1 aromatic heterocycles. The highest BCUT2D eigenvalue weighted by atomic mass is 19.1. The number of aliphatic hydroxyl groups excluding tert-OH is 1. The lowest BCUT2D eigenvalue weighted by Gasteiger charge is -2.35. The van der Waals surface area contributed by atoms with Crippen molar-refractivity contribution in [3.8, 4) is 11.3 Å². The molecule has 3 aromatic rings. The summed E-state index contributed by atoms with van der Waals surface area (Å²) in [6, 6.07) is 6.75. The van der Waals surface area contributed by atoms with Gasteiger partial charge in [-0.1, -0.05) is 0 Å². The van der Waals surface area contributed by atoms with Crippen LogP contribution in [-0.4, -0.2) is 40.6 Å². The number of nitrogens with one attached hydrogen (secondary N) is 3. The van der Waals surface area contributed by atoms with E-state index in [4.69, 9.17) is 0 Å². The Hall–Kier alpha value is -3.33. The van der Waals surface area contributed by atoms with Crippen LogP contribution in [0.15, 0.2) is 36.4 Å². The molecule has 1 saturated carbocycles. The third-order valence-electron chi connectivity index (χ3n) is 6.63. The molecule has 1 aliphatic heterocycles. The van der Waals surface area contributed by atoms with Crippen LogP contribution in [0.2, 0.25) is 0 Å². The van der Waals surface area contributed by atoms with Crippen molar-refractivity contribution in [3.63, 3.8) is 0 Å².